The lowest BCUT2D eigenvalue weighted by atomic mass is 10.3. The maximum atomic E-state index is 4.12. The minimum atomic E-state index is 1.02. The Hall–Kier alpha value is -1.09. The Morgan fingerprint density at radius 3 is 3.00 bits per heavy atom. The second kappa shape index (κ2) is 3.75. The number of aromatic nitrogens is 1. The van der Waals surface area contributed by atoms with Crippen LogP contribution in [-0.2, 0) is 0 Å². The van der Waals surface area contributed by atoms with Crippen molar-refractivity contribution in [1.29, 1.82) is 0 Å². The van der Waals surface area contributed by atoms with Crippen LogP contribution in [0.3, 0.4) is 0 Å². The number of nitrogens with zero attached hydrogens (tertiary/aromatic N) is 3. The maximum absolute atomic E-state index is 4.12. The van der Waals surface area contributed by atoms with Crippen LogP contribution < -0.4 is 4.90 Å². The molecule has 0 bridgehead atoms. The summed E-state index contributed by atoms with van der Waals surface area (Å²) in [6.07, 6.45) is 4.99. The standard InChI is InChI=1S/C10H15N3/c1-12-6-3-7-13(9-12)10-4-2-5-11-8-10/h2,4-5,8H,3,6-7,9H2,1H3. The minimum Gasteiger partial charge on any atom is -0.357 e. The first kappa shape index (κ1) is 8.51. The van der Waals surface area contributed by atoms with Crippen molar-refractivity contribution in [3.8, 4) is 0 Å². The van der Waals surface area contributed by atoms with Crippen LogP contribution >= 0.6 is 0 Å². The third-order valence-electron chi connectivity index (χ3n) is 2.39. The summed E-state index contributed by atoms with van der Waals surface area (Å²) in [7, 11) is 2.16. The highest BCUT2D eigenvalue weighted by Gasteiger charge is 2.13. The molecule has 1 aliphatic rings. The molecular weight excluding hydrogens is 162 g/mol. The average molecular weight is 177 g/mol. The molecule has 0 aliphatic carbocycles. The quantitative estimate of drug-likeness (QED) is 0.642. The molecule has 70 valence electrons. The molecule has 3 heteroatoms. The van der Waals surface area contributed by atoms with Crippen molar-refractivity contribution >= 4 is 5.69 Å². The molecule has 0 N–H and O–H groups in total. The molecule has 0 spiro atoms. The third kappa shape index (κ3) is 1.98. The van der Waals surface area contributed by atoms with Crippen molar-refractivity contribution in [2.45, 2.75) is 6.42 Å². The lowest BCUT2D eigenvalue weighted by Gasteiger charge is -2.34. The molecule has 2 rings (SSSR count). The van der Waals surface area contributed by atoms with Crippen LogP contribution in [0.25, 0.3) is 0 Å². The van der Waals surface area contributed by atoms with Crippen LogP contribution in [0.4, 0.5) is 5.69 Å². The minimum absolute atomic E-state index is 1.02. The van der Waals surface area contributed by atoms with E-state index in [0.29, 0.717) is 0 Å². The second-order valence-electron chi connectivity index (χ2n) is 3.55. The maximum Gasteiger partial charge on any atom is 0.0705 e. The molecule has 3 nitrogen and oxygen atoms in total. The fraction of sp³-hybridized carbons (Fsp3) is 0.500. The molecular formula is C10H15N3. The van der Waals surface area contributed by atoms with E-state index >= 15 is 0 Å². The van der Waals surface area contributed by atoms with Gasteiger partial charge in [-0.3, -0.25) is 9.88 Å². The van der Waals surface area contributed by atoms with E-state index in [4.69, 9.17) is 0 Å². The Morgan fingerprint density at radius 2 is 2.31 bits per heavy atom. The molecule has 1 aromatic rings. The van der Waals surface area contributed by atoms with Gasteiger partial charge in [0.15, 0.2) is 0 Å². The van der Waals surface area contributed by atoms with E-state index in [9.17, 15) is 0 Å². The van der Waals surface area contributed by atoms with E-state index in [1.54, 1.807) is 0 Å². The zero-order chi connectivity index (χ0) is 9.10. The average Bonchev–Trinajstić information content (AvgIpc) is 2.19. The van der Waals surface area contributed by atoms with Crippen molar-refractivity contribution in [2.75, 3.05) is 31.7 Å². The van der Waals surface area contributed by atoms with Gasteiger partial charge in [-0.2, -0.15) is 0 Å². The van der Waals surface area contributed by atoms with E-state index < -0.39 is 0 Å². The summed E-state index contributed by atoms with van der Waals surface area (Å²) in [4.78, 5) is 8.81. The number of hydrogen-bond donors (Lipinski definition) is 0. The molecule has 13 heavy (non-hydrogen) atoms. The number of hydrogen-bond acceptors (Lipinski definition) is 3. The fourth-order valence-corrected chi connectivity index (χ4v) is 1.72. The molecule has 0 atom stereocenters. The van der Waals surface area contributed by atoms with Gasteiger partial charge >= 0.3 is 0 Å². The molecule has 2 heterocycles. The molecule has 1 aromatic heterocycles. The summed E-state index contributed by atoms with van der Waals surface area (Å²) >= 11 is 0. The van der Waals surface area contributed by atoms with E-state index in [-0.39, 0.29) is 0 Å². The summed E-state index contributed by atoms with van der Waals surface area (Å²) in [5.74, 6) is 0. The van der Waals surface area contributed by atoms with Crippen LogP contribution in [0.15, 0.2) is 24.5 Å². The Kier molecular flexibility index (Phi) is 2.45. The smallest absolute Gasteiger partial charge is 0.0705 e. The van der Waals surface area contributed by atoms with E-state index in [1.165, 1.54) is 18.7 Å². The van der Waals surface area contributed by atoms with Crippen LogP contribution in [0.1, 0.15) is 6.42 Å². The van der Waals surface area contributed by atoms with Gasteiger partial charge in [0.05, 0.1) is 18.6 Å². The van der Waals surface area contributed by atoms with Gasteiger partial charge in [-0.15, -0.1) is 0 Å². The van der Waals surface area contributed by atoms with Gasteiger partial charge in [-0.05, 0) is 25.6 Å². The number of pyridine rings is 1. The lowest BCUT2D eigenvalue weighted by molar-refractivity contribution is 0.292. The number of rotatable bonds is 1. The Balaban J connectivity index is 2.08. The van der Waals surface area contributed by atoms with Crippen molar-refractivity contribution in [2.24, 2.45) is 0 Å². The highest BCUT2D eigenvalue weighted by Crippen LogP contribution is 2.15. The van der Waals surface area contributed by atoms with Gasteiger partial charge in [0, 0.05) is 19.3 Å². The first-order valence-corrected chi connectivity index (χ1v) is 4.70. The Morgan fingerprint density at radius 1 is 1.38 bits per heavy atom. The van der Waals surface area contributed by atoms with Crippen LogP contribution in [0, 0.1) is 0 Å². The normalized spacial score (nSPS) is 19.0. The van der Waals surface area contributed by atoms with Crippen LogP contribution in [-0.4, -0.2) is 36.7 Å². The Bertz CT molecular complexity index is 260. The van der Waals surface area contributed by atoms with Gasteiger partial charge < -0.3 is 4.90 Å². The summed E-state index contributed by atoms with van der Waals surface area (Å²) in [6, 6.07) is 4.11. The fourth-order valence-electron chi connectivity index (χ4n) is 1.72. The topological polar surface area (TPSA) is 19.4 Å². The molecule has 0 unspecified atom stereocenters. The van der Waals surface area contributed by atoms with Crippen molar-refractivity contribution in [3.05, 3.63) is 24.5 Å². The summed E-state index contributed by atoms with van der Waals surface area (Å²) in [5, 5.41) is 0. The highest BCUT2D eigenvalue weighted by molar-refractivity contribution is 5.43. The molecule has 0 aromatic carbocycles. The largest absolute Gasteiger partial charge is 0.357 e. The molecule has 0 amide bonds. The molecule has 0 saturated carbocycles. The van der Waals surface area contributed by atoms with Gasteiger partial charge in [0.2, 0.25) is 0 Å². The summed E-state index contributed by atoms with van der Waals surface area (Å²) < 4.78 is 0. The van der Waals surface area contributed by atoms with Crippen LogP contribution in [0.5, 0.6) is 0 Å². The zero-order valence-electron chi connectivity index (χ0n) is 7.98. The first-order chi connectivity index (χ1) is 6.36. The highest BCUT2D eigenvalue weighted by atomic mass is 15.3. The van der Waals surface area contributed by atoms with E-state index in [1.807, 2.05) is 18.5 Å². The molecule has 1 fully saturated rings. The lowest BCUT2D eigenvalue weighted by Crippen LogP contribution is -2.42. The van der Waals surface area contributed by atoms with Crippen molar-refractivity contribution in [3.63, 3.8) is 0 Å². The first-order valence-electron chi connectivity index (χ1n) is 4.70. The van der Waals surface area contributed by atoms with E-state index in [2.05, 4.69) is 27.9 Å². The monoisotopic (exact) mass is 177 g/mol. The predicted octanol–water partition coefficient (Wildman–Crippen LogP) is 1.18. The van der Waals surface area contributed by atoms with Gasteiger partial charge in [0.1, 0.15) is 0 Å². The molecule has 1 saturated heterocycles. The zero-order valence-corrected chi connectivity index (χ0v) is 7.98. The molecule has 0 radical (unpaired) electrons. The third-order valence-corrected chi connectivity index (χ3v) is 2.39. The molecule has 1 aliphatic heterocycles. The second-order valence-corrected chi connectivity index (χ2v) is 3.55. The number of anilines is 1. The predicted molar refractivity (Wildman–Crippen MR) is 53.7 cm³/mol. The van der Waals surface area contributed by atoms with Gasteiger partial charge in [-0.1, -0.05) is 0 Å². The van der Waals surface area contributed by atoms with Gasteiger partial charge in [-0.25, -0.2) is 0 Å². The summed E-state index contributed by atoms with van der Waals surface area (Å²) in [6.45, 7) is 3.37. The Labute approximate surface area is 79.0 Å². The van der Waals surface area contributed by atoms with E-state index in [0.717, 1.165) is 13.2 Å². The van der Waals surface area contributed by atoms with Crippen molar-refractivity contribution < 1.29 is 0 Å². The summed E-state index contributed by atoms with van der Waals surface area (Å²) in [5.41, 5.74) is 1.23. The van der Waals surface area contributed by atoms with Crippen molar-refractivity contribution in [1.82, 2.24) is 9.88 Å². The SMILES string of the molecule is CN1CCCN(c2cccnc2)C1. The van der Waals surface area contributed by atoms with Crippen LogP contribution in [0.2, 0.25) is 0 Å². The van der Waals surface area contributed by atoms with Gasteiger partial charge in [0.25, 0.3) is 0 Å².